The van der Waals surface area contributed by atoms with E-state index < -0.39 is 53.8 Å². The van der Waals surface area contributed by atoms with Crippen LogP contribution in [-0.2, 0) is 24.0 Å². The number of aliphatic carboxylic acids is 1. The first-order valence-electron chi connectivity index (χ1n) is 11.6. The minimum atomic E-state index is -1.33. The van der Waals surface area contributed by atoms with Crippen molar-refractivity contribution in [3.63, 3.8) is 0 Å². The maximum atomic E-state index is 13.1. The minimum Gasteiger partial charge on any atom is -0.480 e. The normalized spacial score (nSPS) is 16.3. The van der Waals surface area contributed by atoms with E-state index in [0.29, 0.717) is 25.0 Å². The summed E-state index contributed by atoms with van der Waals surface area (Å²) in [6, 6.07) is -4.04. The number of nitrogens with two attached hydrogens (primary N) is 2. The molecule has 0 spiro atoms. The molecule has 11 nitrogen and oxygen atoms in total. The fourth-order valence-electron chi connectivity index (χ4n) is 3.05. The predicted molar refractivity (Wildman–Crippen MR) is 132 cm³/mol. The first-order valence-corrected chi connectivity index (χ1v) is 12.9. The zero-order valence-electron chi connectivity index (χ0n) is 20.8. The van der Waals surface area contributed by atoms with E-state index >= 15 is 0 Å². The number of carboxylic acids is 1. The van der Waals surface area contributed by atoms with Gasteiger partial charge in [0.25, 0.3) is 0 Å². The molecule has 0 fully saturated rings. The van der Waals surface area contributed by atoms with Crippen LogP contribution in [0.25, 0.3) is 0 Å². The van der Waals surface area contributed by atoms with E-state index in [1.165, 1.54) is 11.8 Å². The zero-order valence-corrected chi connectivity index (χ0v) is 21.6. The summed E-state index contributed by atoms with van der Waals surface area (Å²) in [5, 5.41) is 17.1. The van der Waals surface area contributed by atoms with Crippen LogP contribution in [-0.4, -0.2) is 70.9 Å². The Morgan fingerprint density at radius 3 is 1.88 bits per heavy atom. The fraction of sp³-hybridized carbons (Fsp3) is 0.773. The van der Waals surface area contributed by atoms with Crippen molar-refractivity contribution in [2.24, 2.45) is 23.3 Å². The fourth-order valence-corrected chi connectivity index (χ4v) is 3.52. The molecule has 0 aliphatic carbocycles. The first-order chi connectivity index (χ1) is 15.9. The Balaban J connectivity index is 5.55. The molecule has 8 N–H and O–H groups in total. The Bertz CT molecular complexity index is 707. The van der Waals surface area contributed by atoms with Gasteiger partial charge in [0, 0.05) is 6.42 Å². The molecule has 0 aromatic carbocycles. The molecule has 0 aromatic rings. The van der Waals surface area contributed by atoms with Gasteiger partial charge in [0.05, 0.1) is 6.04 Å². The number of carbonyl (C=O) groups is 5. The van der Waals surface area contributed by atoms with Crippen molar-refractivity contribution >= 4 is 41.4 Å². The number of thioether (sulfide) groups is 1. The van der Waals surface area contributed by atoms with Gasteiger partial charge in [-0.25, -0.2) is 4.79 Å². The molecule has 0 bridgehead atoms. The second-order valence-corrected chi connectivity index (χ2v) is 9.52. The van der Waals surface area contributed by atoms with Crippen LogP contribution in [0.2, 0.25) is 0 Å². The van der Waals surface area contributed by atoms with E-state index in [0.717, 1.165) is 0 Å². The molecule has 6 unspecified atom stereocenters. The molecule has 0 rings (SSSR count). The summed E-state index contributed by atoms with van der Waals surface area (Å²) in [4.78, 5) is 61.1. The van der Waals surface area contributed by atoms with Crippen molar-refractivity contribution in [1.29, 1.82) is 0 Å². The van der Waals surface area contributed by atoms with Crippen molar-refractivity contribution in [2.45, 2.75) is 84.0 Å². The van der Waals surface area contributed by atoms with Gasteiger partial charge in [-0.1, -0.05) is 40.5 Å². The van der Waals surface area contributed by atoms with Gasteiger partial charge in [0.15, 0.2) is 0 Å². The van der Waals surface area contributed by atoms with Crippen LogP contribution < -0.4 is 27.4 Å². The van der Waals surface area contributed by atoms with Crippen LogP contribution in [0.1, 0.15) is 59.8 Å². The predicted octanol–water partition coefficient (Wildman–Crippen LogP) is -0.0365. The van der Waals surface area contributed by atoms with Crippen LogP contribution in [0.3, 0.4) is 0 Å². The molecule has 34 heavy (non-hydrogen) atoms. The molecule has 0 radical (unpaired) electrons. The topological polar surface area (TPSA) is 194 Å². The van der Waals surface area contributed by atoms with Crippen LogP contribution in [0.4, 0.5) is 0 Å². The highest BCUT2D eigenvalue weighted by atomic mass is 32.2. The van der Waals surface area contributed by atoms with Crippen molar-refractivity contribution in [3.8, 4) is 0 Å². The average molecular weight is 504 g/mol. The molecule has 0 heterocycles. The number of amides is 4. The molecule has 0 aliphatic heterocycles. The molecule has 0 saturated carbocycles. The number of hydrogen-bond acceptors (Lipinski definition) is 7. The molecular formula is C22H41N5O6S. The van der Waals surface area contributed by atoms with Crippen LogP contribution in [0.15, 0.2) is 0 Å². The highest BCUT2D eigenvalue weighted by molar-refractivity contribution is 7.98. The SMILES string of the molecule is CCC(C)C(N)C(=O)NC(CCSC)C(=O)NC(C(=O)NC(CCC(N)=O)C(=O)O)C(C)CC. The molecule has 0 aromatic heterocycles. The Hall–Kier alpha value is -2.34. The van der Waals surface area contributed by atoms with Gasteiger partial charge in [-0.3, -0.25) is 19.2 Å². The third kappa shape index (κ3) is 11.2. The number of hydrogen-bond donors (Lipinski definition) is 6. The number of primary amides is 1. The van der Waals surface area contributed by atoms with Crippen molar-refractivity contribution in [3.05, 3.63) is 0 Å². The second kappa shape index (κ2) is 16.3. The highest BCUT2D eigenvalue weighted by Crippen LogP contribution is 2.12. The molecule has 0 aliphatic rings. The quantitative estimate of drug-likeness (QED) is 0.159. The molecule has 0 saturated heterocycles. The highest BCUT2D eigenvalue weighted by Gasteiger charge is 2.33. The lowest BCUT2D eigenvalue weighted by atomic mass is 9.96. The standard InChI is InChI=1S/C22H41N5O6S/c1-6-12(3)17(24)20(30)25-14(10-11-34-5)19(29)27-18(13(4)7-2)21(31)26-15(22(32)33)8-9-16(23)28/h12-15,17-18H,6-11,24H2,1-5H3,(H2,23,28)(H,25,30)(H,26,31)(H,27,29)(H,32,33). The van der Waals surface area contributed by atoms with E-state index in [1.807, 2.05) is 27.0 Å². The molecular weight excluding hydrogens is 462 g/mol. The van der Waals surface area contributed by atoms with Gasteiger partial charge in [-0.15, -0.1) is 0 Å². The van der Waals surface area contributed by atoms with Crippen LogP contribution in [0.5, 0.6) is 0 Å². The van der Waals surface area contributed by atoms with Crippen molar-refractivity contribution in [2.75, 3.05) is 12.0 Å². The third-order valence-corrected chi connectivity index (χ3v) is 6.53. The summed E-state index contributed by atoms with van der Waals surface area (Å²) >= 11 is 1.50. The number of carbonyl (C=O) groups excluding carboxylic acids is 4. The van der Waals surface area contributed by atoms with Gasteiger partial charge in [0.1, 0.15) is 18.1 Å². The van der Waals surface area contributed by atoms with Gasteiger partial charge < -0.3 is 32.5 Å². The second-order valence-electron chi connectivity index (χ2n) is 8.53. The summed E-state index contributed by atoms with van der Waals surface area (Å²) in [6.45, 7) is 7.34. The summed E-state index contributed by atoms with van der Waals surface area (Å²) in [7, 11) is 0. The van der Waals surface area contributed by atoms with E-state index in [9.17, 15) is 29.1 Å². The minimum absolute atomic E-state index is 0.0729. The Morgan fingerprint density at radius 1 is 0.853 bits per heavy atom. The van der Waals surface area contributed by atoms with Crippen LogP contribution >= 0.6 is 11.8 Å². The van der Waals surface area contributed by atoms with Gasteiger partial charge in [-0.2, -0.15) is 11.8 Å². The molecule has 6 atom stereocenters. The van der Waals surface area contributed by atoms with Gasteiger partial charge >= 0.3 is 5.97 Å². The lowest BCUT2D eigenvalue weighted by Crippen LogP contribution is -2.59. The summed E-state index contributed by atoms with van der Waals surface area (Å²) < 4.78 is 0. The van der Waals surface area contributed by atoms with Gasteiger partial charge in [-0.05, 0) is 36.7 Å². The first kappa shape index (κ1) is 31.7. The Kier molecular flexibility index (Phi) is 15.2. The van der Waals surface area contributed by atoms with E-state index in [4.69, 9.17) is 11.5 Å². The maximum Gasteiger partial charge on any atom is 0.326 e. The van der Waals surface area contributed by atoms with E-state index in [1.54, 1.807) is 6.92 Å². The maximum absolute atomic E-state index is 13.1. The molecule has 196 valence electrons. The van der Waals surface area contributed by atoms with E-state index in [-0.39, 0.29) is 24.7 Å². The summed E-state index contributed by atoms with van der Waals surface area (Å²) in [6.07, 6.45) is 3.05. The largest absolute Gasteiger partial charge is 0.480 e. The van der Waals surface area contributed by atoms with E-state index in [2.05, 4.69) is 16.0 Å². The molecule has 12 heteroatoms. The van der Waals surface area contributed by atoms with Gasteiger partial charge in [0.2, 0.25) is 23.6 Å². The Morgan fingerprint density at radius 2 is 1.41 bits per heavy atom. The monoisotopic (exact) mass is 503 g/mol. The smallest absolute Gasteiger partial charge is 0.326 e. The lowest BCUT2D eigenvalue weighted by molar-refractivity contribution is -0.143. The number of nitrogens with one attached hydrogen (secondary N) is 3. The average Bonchev–Trinajstić information content (AvgIpc) is 2.80. The number of rotatable bonds is 17. The third-order valence-electron chi connectivity index (χ3n) is 5.89. The summed E-state index contributed by atoms with van der Waals surface area (Å²) in [5.41, 5.74) is 11.1. The van der Waals surface area contributed by atoms with Crippen LogP contribution in [0, 0.1) is 11.8 Å². The number of carboxylic acid groups (broad SMARTS) is 1. The zero-order chi connectivity index (χ0) is 26.4. The lowest BCUT2D eigenvalue weighted by Gasteiger charge is -2.28. The molecule has 4 amide bonds. The van der Waals surface area contributed by atoms with Crippen molar-refractivity contribution in [1.82, 2.24) is 16.0 Å². The summed E-state index contributed by atoms with van der Waals surface area (Å²) in [5.74, 6) is -3.49. The Labute approximate surface area is 205 Å². The van der Waals surface area contributed by atoms with Crippen molar-refractivity contribution < 1.29 is 29.1 Å².